The van der Waals surface area contributed by atoms with Gasteiger partial charge in [-0.15, -0.1) is 0 Å². The van der Waals surface area contributed by atoms with Crippen LogP contribution in [-0.4, -0.2) is 67.4 Å². The van der Waals surface area contributed by atoms with Crippen LogP contribution >= 0.6 is 11.6 Å². The fourth-order valence-corrected chi connectivity index (χ4v) is 8.13. The Balaban J connectivity index is 1.29. The van der Waals surface area contributed by atoms with E-state index in [1.54, 1.807) is 24.3 Å². The highest BCUT2D eigenvalue weighted by Crippen LogP contribution is 2.31. The van der Waals surface area contributed by atoms with Crippen LogP contribution in [0.5, 0.6) is 11.5 Å². The van der Waals surface area contributed by atoms with Gasteiger partial charge in [-0.05, 0) is 97.8 Å². The number of anilines is 2. The lowest BCUT2D eigenvalue weighted by molar-refractivity contribution is 0.0734. The van der Waals surface area contributed by atoms with Crippen LogP contribution in [0.25, 0.3) is 0 Å². The Labute approximate surface area is 274 Å². The Morgan fingerprint density at radius 2 is 1.52 bits per heavy atom. The molecule has 0 saturated carbocycles. The summed E-state index contributed by atoms with van der Waals surface area (Å²) < 4.78 is 67.2. The van der Waals surface area contributed by atoms with Crippen LogP contribution in [0.3, 0.4) is 0 Å². The topological polar surface area (TPSA) is 114 Å². The van der Waals surface area contributed by atoms with E-state index in [0.29, 0.717) is 23.8 Å². The molecule has 1 saturated heterocycles. The van der Waals surface area contributed by atoms with Crippen molar-refractivity contribution in [1.29, 1.82) is 0 Å². The summed E-state index contributed by atoms with van der Waals surface area (Å²) in [5.41, 5.74) is 3.14. The van der Waals surface area contributed by atoms with Gasteiger partial charge in [0.1, 0.15) is 16.4 Å². The van der Waals surface area contributed by atoms with Crippen molar-refractivity contribution in [1.82, 2.24) is 4.31 Å². The molecular weight excluding hydrogens is 650 g/mol. The molecule has 1 aliphatic rings. The van der Waals surface area contributed by atoms with Crippen LogP contribution in [0.1, 0.15) is 21.5 Å². The molecule has 0 spiro atoms. The minimum absolute atomic E-state index is 0.00968. The van der Waals surface area contributed by atoms with Crippen molar-refractivity contribution >= 4 is 49.0 Å². The highest BCUT2D eigenvalue weighted by Gasteiger charge is 2.32. The first-order valence-electron chi connectivity index (χ1n) is 14.4. The predicted octanol–water partition coefficient (Wildman–Crippen LogP) is 5.52. The molecule has 0 aliphatic carbocycles. The number of hydrogen-bond donors (Lipinski definition) is 0. The average molecular weight is 684 g/mol. The van der Waals surface area contributed by atoms with Gasteiger partial charge in [-0.1, -0.05) is 23.7 Å². The lowest BCUT2D eigenvalue weighted by atomic mass is 10.1. The molecule has 4 aromatic rings. The third kappa shape index (κ3) is 6.85. The van der Waals surface area contributed by atoms with Gasteiger partial charge in [0.15, 0.2) is 0 Å². The molecular formula is C33H34ClN3O7S2. The fraction of sp³-hybridized carbons (Fsp3) is 0.242. The van der Waals surface area contributed by atoms with Crippen LogP contribution in [0, 0.1) is 13.8 Å². The first-order chi connectivity index (χ1) is 21.8. The summed E-state index contributed by atoms with van der Waals surface area (Å²) in [5.74, 6) is -0.525. The summed E-state index contributed by atoms with van der Waals surface area (Å²) in [6.45, 7) is 5.14. The van der Waals surface area contributed by atoms with Crippen molar-refractivity contribution in [3.63, 3.8) is 0 Å². The minimum Gasteiger partial charge on any atom is -0.495 e. The first-order valence-corrected chi connectivity index (χ1v) is 17.6. The number of hydrogen-bond acceptors (Lipinski definition) is 8. The van der Waals surface area contributed by atoms with Gasteiger partial charge in [-0.2, -0.15) is 4.31 Å². The van der Waals surface area contributed by atoms with Crippen LogP contribution < -0.4 is 18.7 Å². The summed E-state index contributed by atoms with van der Waals surface area (Å²) >= 11 is 6.13. The zero-order chi connectivity index (χ0) is 33.2. The van der Waals surface area contributed by atoms with Crippen molar-refractivity contribution in [2.24, 2.45) is 0 Å². The first kappa shape index (κ1) is 33.3. The zero-order valence-corrected chi connectivity index (χ0v) is 28.2. The van der Waals surface area contributed by atoms with Crippen LogP contribution in [0.2, 0.25) is 5.02 Å². The number of sulfonamides is 2. The molecule has 13 heteroatoms. The summed E-state index contributed by atoms with van der Waals surface area (Å²) in [5, 5.41) is 0.602. The van der Waals surface area contributed by atoms with E-state index in [1.165, 1.54) is 60.9 Å². The monoisotopic (exact) mass is 683 g/mol. The molecule has 0 radical (unpaired) electrons. The number of aryl methyl sites for hydroxylation is 2. The molecule has 0 aromatic heterocycles. The predicted molar refractivity (Wildman–Crippen MR) is 178 cm³/mol. The Kier molecular flexibility index (Phi) is 9.64. The number of rotatable bonds is 9. The van der Waals surface area contributed by atoms with E-state index in [2.05, 4.69) is 4.90 Å². The van der Waals surface area contributed by atoms with Crippen molar-refractivity contribution in [2.75, 3.05) is 49.5 Å². The van der Waals surface area contributed by atoms with E-state index in [1.807, 2.05) is 32.0 Å². The lowest BCUT2D eigenvalue weighted by Gasteiger charge is -2.35. The van der Waals surface area contributed by atoms with Crippen LogP contribution in [-0.2, 0) is 20.0 Å². The van der Waals surface area contributed by atoms with Gasteiger partial charge in [-0.3, -0.25) is 4.31 Å². The third-order valence-electron chi connectivity index (χ3n) is 7.98. The number of methoxy groups -OCH3 is 1. The van der Waals surface area contributed by atoms with Crippen molar-refractivity contribution in [3.8, 4) is 11.5 Å². The molecule has 4 aromatic carbocycles. The van der Waals surface area contributed by atoms with Gasteiger partial charge in [0.05, 0.1) is 23.3 Å². The zero-order valence-electron chi connectivity index (χ0n) is 25.8. The maximum Gasteiger partial charge on any atom is 0.343 e. The van der Waals surface area contributed by atoms with Crippen molar-refractivity contribution in [3.05, 3.63) is 107 Å². The Morgan fingerprint density at radius 1 is 0.826 bits per heavy atom. The second-order valence-electron chi connectivity index (χ2n) is 10.8. The van der Waals surface area contributed by atoms with Gasteiger partial charge in [0.2, 0.25) is 10.0 Å². The summed E-state index contributed by atoms with van der Waals surface area (Å²) in [6.07, 6.45) is 0. The summed E-state index contributed by atoms with van der Waals surface area (Å²) in [4.78, 5) is 15.2. The molecule has 0 unspecified atom stereocenters. The normalized spacial score (nSPS) is 14.2. The molecule has 10 nitrogen and oxygen atoms in total. The van der Waals surface area contributed by atoms with Crippen molar-refractivity contribution in [2.45, 2.75) is 23.6 Å². The smallest absolute Gasteiger partial charge is 0.343 e. The third-order valence-corrected chi connectivity index (χ3v) is 11.9. The standard InChI is InChI=1S/C33H34ClN3O7S2/c1-23-8-14-30(20-24(23)2)45(39,40)35(3)27-10-12-29(13-11-27)44-33(38)25-9-15-31(43-4)32(21-25)46(41,42)37-18-16-36(17-19-37)28-7-5-6-26(34)22-28/h5-15,20-22H,16-19H2,1-4H3. The second kappa shape index (κ2) is 13.3. The van der Waals surface area contributed by atoms with E-state index in [0.717, 1.165) is 21.1 Å². The molecule has 242 valence electrons. The summed E-state index contributed by atoms with van der Waals surface area (Å²) in [6, 6.07) is 22.4. The SMILES string of the molecule is COc1ccc(C(=O)Oc2ccc(N(C)S(=O)(=O)c3ccc(C)c(C)c3)cc2)cc1S(=O)(=O)N1CCN(c2cccc(Cl)c2)CC1. The maximum atomic E-state index is 13.7. The maximum absolute atomic E-state index is 13.7. The largest absolute Gasteiger partial charge is 0.495 e. The van der Waals surface area contributed by atoms with E-state index in [9.17, 15) is 21.6 Å². The number of carbonyl (C=O) groups is 1. The van der Waals surface area contributed by atoms with Crippen LogP contribution in [0.15, 0.2) is 94.7 Å². The van der Waals surface area contributed by atoms with Gasteiger partial charge in [-0.25, -0.2) is 21.6 Å². The molecule has 0 amide bonds. The molecule has 0 bridgehead atoms. The fourth-order valence-electron chi connectivity index (χ4n) is 5.07. The van der Waals surface area contributed by atoms with Gasteiger partial charge in [0, 0.05) is 43.9 Å². The molecule has 46 heavy (non-hydrogen) atoms. The van der Waals surface area contributed by atoms with Crippen LogP contribution in [0.4, 0.5) is 11.4 Å². The number of nitrogens with zero attached hydrogens (tertiary/aromatic N) is 3. The van der Waals surface area contributed by atoms with Gasteiger partial charge < -0.3 is 14.4 Å². The minimum atomic E-state index is -4.02. The molecule has 0 N–H and O–H groups in total. The number of halogens is 1. The number of carbonyl (C=O) groups excluding carboxylic acids is 1. The van der Waals surface area contributed by atoms with Crippen molar-refractivity contribution < 1.29 is 31.1 Å². The van der Waals surface area contributed by atoms with Gasteiger partial charge >= 0.3 is 5.97 Å². The molecule has 5 rings (SSSR count). The number of benzene rings is 4. The number of ether oxygens (including phenoxy) is 2. The molecule has 1 aliphatic heterocycles. The summed E-state index contributed by atoms with van der Waals surface area (Å²) in [7, 11) is -5.03. The van der Waals surface area contributed by atoms with E-state index >= 15 is 0 Å². The molecule has 1 fully saturated rings. The highest BCUT2D eigenvalue weighted by atomic mass is 35.5. The van der Waals surface area contributed by atoms with E-state index in [4.69, 9.17) is 21.1 Å². The molecule has 0 atom stereocenters. The second-order valence-corrected chi connectivity index (χ2v) is 15.2. The number of esters is 1. The Morgan fingerprint density at radius 3 is 2.15 bits per heavy atom. The van der Waals surface area contributed by atoms with E-state index in [-0.39, 0.29) is 39.9 Å². The quantitative estimate of drug-likeness (QED) is 0.167. The molecule has 1 heterocycles. The van der Waals surface area contributed by atoms with Gasteiger partial charge in [0.25, 0.3) is 10.0 Å². The Bertz CT molecular complexity index is 1980. The highest BCUT2D eigenvalue weighted by molar-refractivity contribution is 7.92. The van der Waals surface area contributed by atoms with E-state index < -0.39 is 26.0 Å². The Hall–Kier alpha value is -4.10. The lowest BCUT2D eigenvalue weighted by Crippen LogP contribution is -2.48. The number of piperazine rings is 1. The average Bonchev–Trinajstić information content (AvgIpc) is 3.05.